The molecule has 1 aromatic carbocycles. The first-order chi connectivity index (χ1) is 8.35. The molecule has 0 aromatic heterocycles. The summed E-state index contributed by atoms with van der Waals surface area (Å²) in [4.78, 5) is 13.2. The summed E-state index contributed by atoms with van der Waals surface area (Å²) in [6.45, 7) is 0.551. The van der Waals surface area contributed by atoms with Crippen LogP contribution in [0.25, 0.3) is 0 Å². The van der Waals surface area contributed by atoms with E-state index in [0.29, 0.717) is 5.56 Å². The van der Waals surface area contributed by atoms with Crippen LogP contribution in [0, 0.1) is 0 Å². The fourth-order valence-electron chi connectivity index (χ4n) is 1.60. The second-order valence-corrected chi connectivity index (χ2v) is 5.07. The fraction of sp³-hybridized carbons (Fsp3) is 0.364. The zero-order valence-corrected chi connectivity index (χ0v) is 9.96. The lowest BCUT2D eigenvalue weighted by Gasteiger charge is -2.35. The topological polar surface area (TPSA) is 40.5 Å². The second-order valence-electron chi connectivity index (χ2n) is 3.94. The first-order valence-corrected chi connectivity index (χ1v) is 6.00. The number of thioether (sulfide) groups is 1. The number of alkyl halides is 3. The van der Waals surface area contributed by atoms with Crippen molar-refractivity contribution in [1.82, 2.24) is 4.90 Å². The van der Waals surface area contributed by atoms with Crippen LogP contribution in [0.15, 0.2) is 29.2 Å². The van der Waals surface area contributed by atoms with E-state index in [2.05, 4.69) is 0 Å². The summed E-state index contributed by atoms with van der Waals surface area (Å²) in [5.41, 5.74) is -4.00. The van der Waals surface area contributed by atoms with E-state index in [0.717, 1.165) is 0 Å². The zero-order chi connectivity index (χ0) is 13.3. The lowest BCUT2D eigenvalue weighted by atomic mass is 10.1. The fourth-order valence-corrected chi connectivity index (χ4v) is 2.14. The summed E-state index contributed by atoms with van der Waals surface area (Å²) in [6.07, 6.45) is -0.492. The summed E-state index contributed by atoms with van der Waals surface area (Å²) in [6, 6.07) is 5.26. The molecule has 18 heavy (non-hydrogen) atoms. The van der Waals surface area contributed by atoms with Crippen molar-refractivity contribution in [1.29, 1.82) is 0 Å². The Kier molecular flexibility index (Phi) is 3.54. The zero-order valence-electron chi connectivity index (χ0n) is 9.15. The Hall–Kier alpha value is -1.21. The van der Waals surface area contributed by atoms with Crippen molar-refractivity contribution >= 4 is 17.7 Å². The third-order valence-electron chi connectivity index (χ3n) is 2.48. The summed E-state index contributed by atoms with van der Waals surface area (Å²) in [7, 11) is 0. The minimum Gasteiger partial charge on any atom is -0.389 e. The highest BCUT2D eigenvalue weighted by Crippen LogP contribution is 2.36. The van der Waals surface area contributed by atoms with Crippen molar-refractivity contribution in [2.45, 2.75) is 16.5 Å². The first kappa shape index (κ1) is 13.2. The number of halogens is 3. The number of amides is 1. The smallest absolute Gasteiger partial charge is 0.389 e. The Bertz CT molecular complexity index is 441. The van der Waals surface area contributed by atoms with E-state index in [-0.39, 0.29) is 35.7 Å². The van der Waals surface area contributed by atoms with Gasteiger partial charge >= 0.3 is 5.51 Å². The molecule has 1 aromatic rings. The van der Waals surface area contributed by atoms with Gasteiger partial charge in [-0.3, -0.25) is 4.79 Å². The van der Waals surface area contributed by atoms with Crippen LogP contribution >= 0.6 is 11.8 Å². The second kappa shape index (κ2) is 4.81. The summed E-state index contributed by atoms with van der Waals surface area (Å²) in [5, 5.41) is 9.06. The van der Waals surface area contributed by atoms with Gasteiger partial charge in [0.25, 0.3) is 5.91 Å². The Balaban J connectivity index is 2.01. The molecule has 3 nitrogen and oxygen atoms in total. The minimum atomic E-state index is -4.33. The molecule has 0 spiro atoms. The monoisotopic (exact) mass is 277 g/mol. The number of hydrogen-bond donors (Lipinski definition) is 1. The van der Waals surface area contributed by atoms with Crippen molar-refractivity contribution in [3.8, 4) is 0 Å². The van der Waals surface area contributed by atoms with Crippen LogP contribution in [-0.4, -0.2) is 40.6 Å². The van der Waals surface area contributed by atoms with Gasteiger partial charge in [0.2, 0.25) is 0 Å². The molecule has 1 aliphatic rings. The standard InChI is InChI=1S/C11H10F3NO2S/c12-11(13,14)18-9-3-1-7(2-4-9)10(17)15-5-8(16)6-15/h1-4,8,16H,5-6H2. The molecule has 1 N–H and O–H groups in total. The van der Waals surface area contributed by atoms with Gasteiger partial charge in [-0.05, 0) is 36.0 Å². The number of nitrogens with zero attached hydrogens (tertiary/aromatic N) is 1. The van der Waals surface area contributed by atoms with Gasteiger partial charge in [0.15, 0.2) is 0 Å². The van der Waals surface area contributed by atoms with Crippen molar-refractivity contribution in [3.63, 3.8) is 0 Å². The number of aliphatic hydroxyl groups is 1. The number of hydrogen-bond acceptors (Lipinski definition) is 3. The molecule has 98 valence electrons. The van der Waals surface area contributed by atoms with Crippen molar-refractivity contribution in [2.75, 3.05) is 13.1 Å². The molecule has 7 heteroatoms. The molecule has 0 unspecified atom stereocenters. The highest BCUT2D eigenvalue weighted by atomic mass is 32.2. The van der Waals surface area contributed by atoms with Gasteiger partial charge in [0, 0.05) is 23.5 Å². The van der Waals surface area contributed by atoms with Gasteiger partial charge in [0.05, 0.1) is 6.10 Å². The van der Waals surface area contributed by atoms with Crippen LogP contribution < -0.4 is 0 Å². The molecular formula is C11H10F3NO2S. The van der Waals surface area contributed by atoms with E-state index in [1.165, 1.54) is 29.2 Å². The highest BCUT2D eigenvalue weighted by Gasteiger charge is 2.31. The van der Waals surface area contributed by atoms with E-state index in [9.17, 15) is 18.0 Å². The molecule has 0 bridgehead atoms. The van der Waals surface area contributed by atoms with E-state index in [4.69, 9.17) is 5.11 Å². The third-order valence-corrected chi connectivity index (χ3v) is 3.22. The Labute approximate surface area is 106 Å². The summed E-state index contributed by atoms with van der Waals surface area (Å²) >= 11 is -0.215. The van der Waals surface area contributed by atoms with Crippen LogP contribution in [0.4, 0.5) is 13.2 Å². The largest absolute Gasteiger partial charge is 0.446 e. The molecule has 1 aliphatic heterocycles. The van der Waals surface area contributed by atoms with Gasteiger partial charge in [0.1, 0.15) is 0 Å². The first-order valence-electron chi connectivity index (χ1n) is 5.18. The van der Waals surface area contributed by atoms with Crippen LogP contribution in [0.3, 0.4) is 0 Å². The van der Waals surface area contributed by atoms with E-state index < -0.39 is 11.6 Å². The van der Waals surface area contributed by atoms with Crippen molar-refractivity contribution in [3.05, 3.63) is 29.8 Å². The molecule has 0 saturated carbocycles. The third kappa shape index (κ3) is 3.17. The van der Waals surface area contributed by atoms with Crippen LogP contribution in [-0.2, 0) is 0 Å². The van der Waals surface area contributed by atoms with Gasteiger partial charge in [-0.15, -0.1) is 0 Å². The Morgan fingerprint density at radius 3 is 2.28 bits per heavy atom. The minimum absolute atomic E-state index is 0.0442. The molecular weight excluding hydrogens is 267 g/mol. The molecule has 1 amide bonds. The Morgan fingerprint density at radius 2 is 1.83 bits per heavy atom. The lowest BCUT2D eigenvalue weighted by Crippen LogP contribution is -2.53. The average molecular weight is 277 g/mol. The van der Waals surface area contributed by atoms with E-state index in [1.54, 1.807) is 0 Å². The molecule has 1 heterocycles. The van der Waals surface area contributed by atoms with Gasteiger partial charge in [-0.2, -0.15) is 13.2 Å². The van der Waals surface area contributed by atoms with E-state index in [1.807, 2.05) is 0 Å². The predicted octanol–water partition coefficient (Wildman–Crippen LogP) is 2.12. The lowest BCUT2D eigenvalue weighted by molar-refractivity contribution is -0.0328. The van der Waals surface area contributed by atoms with Crippen LogP contribution in [0.1, 0.15) is 10.4 Å². The highest BCUT2D eigenvalue weighted by molar-refractivity contribution is 8.00. The van der Waals surface area contributed by atoms with Crippen molar-refractivity contribution < 1.29 is 23.1 Å². The van der Waals surface area contributed by atoms with Crippen LogP contribution in [0.2, 0.25) is 0 Å². The summed E-state index contributed by atoms with van der Waals surface area (Å²) < 4.78 is 36.3. The number of likely N-dealkylation sites (tertiary alicyclic amines) is 1. The number of β-amino-alcohol motifs (C(OH)–C–C–N with tert-alkyl or cyclic N) is 1. The normalized spacial score (nSPS) is 16.6. The van der Waals surface area contributed by atoms with Gasteiger partial charge in [-0.25, -0.2) is 0 Å². The van der Waals surface area contributed by atoms with Crippen LogP contribution in [0.5, 0.6) is 0 Å². The quantitative estimate of drug-likeness (QED) is 0.842. The average Bonchev–Trinajstić information content (AvgIpc) is 2.23. The maximum atomic E-state index is 12.1. The van der Waals surface area contributed by atoms with Gasteiger partial charge in [-0.1, -0.05) is 0 Å². The number of carbonyl (C=O) groups is 1. The number of rotatable bonds is 2. The Morgan fingerprint density at radius 1 is 1.28 bits per heavy atom. The molecule has 2 rings (SSSR count). The SMILES string of the molecule is O=C(c1ccc(SC(F)(F)F)cc1)N1CC(O)C1. The molecule has 0 aliphatic carbocycles. The molecule has 1 saturated heterocycles. The summed E-state index contributed by atoms with van der Waals surface area (Å²) in [5.74, 6) is -0.274. The predicted molar refractivity (Wildman–Crippen MR) is 60.3 cm³/mol. The molecule has 0 radical (unpaired) electrons. The molecule has 0 atom stereocenters. The van der Waals surface area contributed by atoms with Gasteiger partial charge < -0.3 is 10.0 Å². The molecule has 1 fully saturated rings. The van der Waals surface area contributed by atoms with E-state index >= 15 is 0 Å². The maximum absolute atomic E-state index is 12.1. The number of benzene rings is 1. The number of carbonyl (C=O) groups excluding carboxylic acids is 1. The van der Waals surface area contributed by atoms with Crippen molar-refractivity contribution in [2.24, 2.45) is 0 Å². The maximum Gasteiger partial charge on any atom is 0.446 e. The number of aliphatic hydroxyl groups excluding tert-OH is 1.